The van der Waals surface area contributed by atoms with Gasteiger partial charge in [0.1, 0.15) is 11.4 Å². The molecule has 2 N–H and O–H groups in total. The lowest BCUT2D eigenvalue weighted by Crippen LogP contribution is -2.51. The first-order valence-electron chi connectivity index (χ1n) is 5.96. The summed E-state index contributed by atoms with van der Waals surface area (Å²) in [5, 5.41) is 3.69. The molecule has 1 rings (SSSR count). The van der Waals surface area contributed by atoms with Gasteiger partial charge in [0.2, 0.25) is 11.8 Å². The van der Waals surface area contributed by atoms with E-state index in [0.29, 0.717) is 0 Å². The minimum Gasteiger partial charge on any atom is -0.341 e. The van der Waals surface area contributed by atoms with Crippen LogP contribution in [0.4, 0.5) is 4.79 Å². The smallest absolute Gasteiger partial charge is 0.322 e. The molecule has 0 spiro atoms. The fourth-order valence-electron chi connectivity index (χ4n) is 1.72. The average molecular weight is 276 g/mol. The number of nitrogens with one attached hydrogen (secondary N) is 2. The number of hydrogen-bond donors (Lipinski definition) is 2. The lowest BCUT2D eigenvalue weighted by atomic mass is 10.3. The molecule has 4 amide bonds. The predicted molar refractivity (Wildman–Crippen MR) is 67.3 cm³/mol. The summed E-state index contributed by atoms with van der Waals surface area (Å²) in [6.45, 7) is 4.51. The second kappa shape index (κ2) is 6.58. The number of amides is 4. The first-order valence-corrected chi connectivity index (χ1v) is 6.39. The van der Waals surface area contributed by atoms with Crippen LogP contribution in [0, 0.1) is 0 Å². The summed E-state index contributed by atoms with van der Waals surface area (Å²) in [5.74, 6) is -0.719. The van der Waals surface area contributed by atoms with E-state index in [4.69, 9.17) is 11.6 Å². The molecule has 0 aromatic heterocycles. The molecule has 1 aliphatic rings. The molecule has 0 aromatic rings. The number of alkyl halides is 1. The number of urea groups is 1. The molecular formula is C11H18ClN3O3. The van der Waals surface area contributed by atoms with Gasteiger partial charge in [0.25, 0.3) is 0 Å². The Balaban J connectivity index is 2.39. The molecule has 1 heterocycles. The third kappa shape index (κ3) is 4.18. The zero-order valence-corrected chi connectivity index (χ0v) is 11.3. The molecule has 6 nitrogen and oxygen atoms in total. The Morgan fingerprint density at radius 3 is 2.22 bits per heavy atom. The number of imide groups is 1. The Hall–Kier alpha value is -1.30. The molecule has 1 fully saturated rings. The average Bonchev–Trinajstić information content (AvgIpc) is 2.80. The summed E-state index contributed by atoms with van der Waals surface area (Å²) < 4.78 is 0. The van der Waals surface area contributed by atoms with Crippen LogP contribution < -0.4 is 10.6 Å². The van der Waals surface area contributed by atoms with Crippen LogP contribution in [0.25, 0.3) is 0 Å². The van der Waals surface area contributed by atoms with Gasteiger partial charge in [-0.1, -0.05) is 0 Å². The highest BCUT2D eigenvalue weighted by molar-refractivity contribution is 6.31. The molecule has 1 saturated heterocycles. The van der Waals surface area contributed by atoms with E-state index in [-0.39, 0.29) is 5.91 Å². The largest absolute Gasteiger partial charge is 0.341 e. The molecule has 102 valence electrons. The van der Waals surface area contributed by atoms with Crippen molar-refractivity contribution >= 4 is 29.4 Å². The van der Waals surface area contributed by atoms with Gasteiger partial charge in [-0.25, -0.2) is 4.79 Å². The van der Waals surface area contributed by atoms with Crippen molar-refractivity contribution in [1.82, 2.24) is 15.5 Å². The van der Waals surface area contributed by atoms with E-state index >= 15 is 0 Å². The van der Waals surface area contributed by atoms with Crippen LogP contribution in [0.1, 0.15) is 26.7 Å². The van der Waals surface area contributed by atoms with Crippen LogP contribution in [0.5, 0.6) is 0 Å². The summed E-state index contributed by atoms with van der Waals surface area (Å²) >= 11 is 5.51. The maximum atomic E-state index is 11.9. The van der Waals surface area contributed by atoms with E-state index in [1.54, 1.807) is 11.8 Å². The maximum absolute atomic E-state index is 11.9. The van der Waals surface area contributed by atoms with Crippen molar-refractivity contribution in [2.75, 3.05) is 13.1 Å². The van der Waals surface area contributed by atoms with E-state index in [1.807, 2.05) is 0 Å². The monoisotopic (exact) mass is 275 g/mol. The molecule has 18 heavy (non-hydrogen) atoms. The SMILES string of the molecule is CC(Cl)C(=O)NC(=O)NC(C)C(=O)N1CCCC1. The summed E-state index contributed by atoms with van der Waals surface area (Å²) in [6.07, 6.45) is 1.99. The molecule has 0 aromatic carbocycles. The van der Waals surface area contributed by atoms with Gasteiger partial charge in [-0.05, 0) is 26.7 Å². The fourth-order valence-corrected chi connectivity index (χ4v) is 1.77. The molecule has 0 saturated carbocycles. The van der Waals surface area contributed by atoms with Crippen molar-refractivity contribution in [3.8, 4) is 0 Å². The number of carbonyl (C=O) groups is 3. The van der Waals surface area contributed by atoms with E-state index < -0.39 is 23.4 Å². The second-order valence-electron chi connectivity index (χ2n) is 4.33. The molecular weight excluding hydrogens is 258 g/mol. The summed E-state index contributed by atoms with van der Waals surface area (Å²) in [5.41, 5.74) is 0. The number of carbonyl (C=O) groups excluding carboxylic acids is 3. The number of halogens is 1. The highest BCUT2D eigenvalue weighted by Gasteiger charge is 2.25. The lowest BCUT2D eigenvalue weighted by molar-refractivity contribution is -0.131. The molecule has 0 bridgehead atoms. The molecule has 7 heteroatoms. The van der Waals surface area contributed by atoms with Crippen molar-refractivity contribution in [2.45, 2.75) is 38.1 Å². The van der Waals surface area contributed by atoms with Crippen molar-refractivity contribution in [3.05, 3.63) is 0 Å². The molecule has 0 radical (unpaired) electrons. The minimum atomic E-state index is -0.791. The summed E-state index contributed by atoms with van der Waals surface area (Å²) in [4.78, 5) is 36.2. The van der Waals surface area contributed by atoms with Crippen LogP contribution in [0.2, 0.25) is 0 Å². The normalized spacial score (nSPS) is 18.1. The topological polar surface area (TPSA) is 78.5 Å². The van der Waals surface area contributed by atoms with Gasteiger partial charge in [-0.3, -0.25) is 14.9 Å². The van der Waals surface area contributed by atoms with Gasteiger partial charge in [0, 0.05) is 13.1 Å². The van der Waals surface area contributed by atoms with Crippen molar-refractivity contribution < 1.29 is 14.4 Å². The van der Waals surface area contributed by atoms with Gasteiger partial charge in [0.15, 0.2) is 0 Å². The van der Waals surface area contributed by atoms with E-state index in [1.165, 1.54) is 6.92 Å². The quantitative estimate of drug-likeness (QED) is 0.734. The van der Waals surface area contributed by atoms with Gasteiger partial charge >= 0.3 is 6.03 Å². The highest BCUT2D eigenvalue weighted by Crippen LogP contribution is 2.08. The number of likely N-dealkylation sites (tertiary alicyclic amines) is 1. The number of hydrogen-bond acceptors (Lipinski definition) is 3. The van der Waals surface area contributed by atoms with Crippen molar-refractivity contribution in [1.29, 1.82) is 0 Å². The molecule has 2 atom stereocenters. The third-order valence-corrected chi connectivity index (χ3v) is 2.93. The zero-order chi connectivity index (χ0) is 13.7. The maximum Gasteiger partial charge on any atom is 0.322 e. The van der Waals surface area contributed by atoms with Crippen molar-refractivity contribution in [3.63, 3.8) is 0 Å². The van der Waals surface area contributed by atoms with Crippen LogP contribution in [0.3, 0.4) is 0 Å². The Morgan fingerprint density at radius 2 is 1.72 bits per heavy atom. The Bertz CT molecular complexity index is 340. The summed E-state index contributed by atoms with van der Waals surface area (Å²) in [7, 11) is 0. The zero-order valence-electron chi connectivity index (χ0n) is 10.5. The Labute approximate surface area is 111 Å². The lowest BCUT2D eigenvalue weighted by Gasteiger charge is -2.21. The third-order valence-electron chi connectivity index (χ3n) is 2.73. The fraction of sp³-hybridized carbons (Fsp3) is 0.727. The summed E-state index contributed by atoms with van der Waals surface area (Å²) in [6, 6.07) is -1.35. The standard InChI is InChI=1S/C11H18ClN3O3/c1-7(12)9(16)14-11(18)13-8(2)10(17)15-5-3-4-6-15/h7-8H,3-6H2,1-2H3,(H2,13,14,16,18). The van der Waals surface area contributed by atoms with Crippen molar-refractivity contribution in [2.24, 2.45) is 0 Å². The van der Waals surface area contributed by atoms with Gasteiger partial charge in [0.05, 0.1) is 0 Å². The van der Waals surface area contributed by atoms with E-state index in [9.17, 15) is 14.4 Å². The second-order valence-corrected chi connectivity index (χ2v) is 4.99. The van der Waals surface area contributed by atoms with Crippen LogP contribution in [-0.4, -0.2) is 47.3 Å². The Morgan fingerprint density at radius 1 is 1.17 bits per heavy atom. The molecule has 0 aliphatic carbocycles. The first-order chi connectivity index (χ1) is 8.41. The van der Waals surface area contributed by atoms with Gasteiger partial charge < -0.3 is 10.2 Å². The predicted octanol–water partition coefficient (Wildman–Crippen LogP) is 0.450. The minimum absolute atomic E-state index is 0.131. The van der Waals surface area contributed by atoms with Gasteiger partial charge in [-0.2, -0.15) is 0 Å². The van der Waals surface area contributed by atoms with E-state index in [2.05, 4.69) is 10.6 Å². The van der Waals surface area contributed by atoms with E-state index in [0.717, 1.165) is 25.9 Å². The molecule has 1 aliphatic heterocycles. The van der Waals surface area contributed by atoms with Crippen LogP contribution >= 0.6 is 11.6 Å². The number of rotatable bonds is 3. The van der Waals surface area contributed by atoms with Gasteiger partial charge in [-0.15, -0.1) is 11.6 Å². The highest BCUT2D eigenvalue weighted by atomic mass is 35.5. The van der Waals surface area contributed by atoms with Crippen LogP contribution in [-0.2, 0) is 9.59 Å². The Kier molecular flexibility index (Phi) is 5.40. The molecule has 2 unspecified atom stereocenters. The first kappa shape index (κ1) is 14.8. The van der Waals surface area contributed by atoms with Crippen LogP contribution in [0.15, 0.2) is 0 Å². The number of nitrogens with zero attached hydrogens (tertiary/aromatic N) is 1.